The van der Waals surface area contributed by atoms with E-state index in [1.807, 2.05) is 13.8 Å². The molecule has 0 aliphatic rings. The van der Waals surface area contributed by atoms with E-state index in [1.165, 1.54) is 0 Å². The standard InChI is InChI=1S/C12H10ClF2N/c1-3-7-6(2)16-11-5-10(15)9(14)4-8(11)12(7)13/h4-5H,3H2,1-2H3. The second-order valence-corrected chi connectivity index (χ2v) is 4.00. The molecule has 0 saturated heterocycles. The molecule has 0 saturated carbocycles. The first-order chi connectivity index (χ1) is 7.54. The molecule has 1 heterocycles. The highest BCUT2D eigenvalue weighted by atomic mass is 35.5. The fraction of sp³-hybridized carbons (Fsp3) is 0.250. The Morgan fingerprint density at radius 3 is 2.50 bits per heavy atom. The van der Waals surface area contributed by atoms with Gasteiger partial charge in [-0.3, -0.25) is 4.98 Å². The molecule has 16 heavy (non-hydrogen) atoms. The van der Waals surface area contributed by atoms with Crippen LogP contribution in [-0.2, 0) is 6.42 Å². The molecular formula is C12H10ClF2N. The first kappa shape index (κ1) is 11.3. The van der Waals surface area contributed by atoms with Gasteiger partial charge < -0.3 is 0 Å². The fourth-order valence-corrected chi connectivity index (χ4v) is 2.21. The summed E-state index contributed by atoms with van der Waals surface area (Å²) in [5.74, 6) is -1.80. The summed E-state index contributed by atoms with van der Waals surface area (Å²) in [6.45, 7) is 3.76. The van der Waals surface area contributed by atoms with Crippen LogP contribution in [0.4, 0.5) is 8.78 Å². The maximum absolute atomic E-state index is 13.1. The SMILES string of the molecule is CCc1c(C)nc2cc(F)c(F)cc2c1Cl. The Morgan fingerprint density at radius 1 is 1.25 bits per heavy atom. The molecule has 0 aliphatic carbocycles. The van der Waals surface area contributed by atoms with E-state index < -0.39 is 11.6 Å². The second kappa shape index (κ2) is 3.98. The van der Waals surface area contributed by atoms with Crippen LogP contribution in [0.5, 0.6) is 0 Å². The van der Waals surface area contributed by atoms with E-state index in [4.69, 9.17) is 11.6 Å². The summed E-state index contributed by atoms with van der Waals surface area (Å²) in [6, 6.07) is 2.17. The number of hydrogen-bond donors (Lipinski definition) is 0. The Morgan fingerprint density at radius 2 is 1.88 bits per heavy atom. The number of nitrogens with zero attached hydrogens (tertiary/aromatic N) is 1. The van der Waals surface area contributed by atoms with Gasteiger partial charge in [0.05, 0.1) is 10.5 Å². The van der Waals surface area contributed by atoms with Gasteiger partial charge in [0, 0.05) is 17.1 Å². The molecule has 2 aromatic rings. The van der Waals surface area contributed by atoms with Crippen molar-refractivity contribution in [3.8, 4) is 0 Å². The molecule has 2 rings (SSSR count). The van der Waals surface area contributed by atoms with Crippen molar-refractivity contribution in [1.29, 1.82) is 0 Å². The van der Waals surface area contributed by atoms with Gasteiger partial charge in [-0.25, -0.2) is 8.78 Å². The summed E-state index contributed by atoms with van der Waals surface area (Å²) in [4.78, 5) is 4.22. The van der Waals surface area contributed by atoms with Gasteiger partial charge in [-0.05, 0) is 25.0 Å². The van der Waals surface area contributed by atoms with Gasteiger partial charge in [0.2, 0.25) is 0 Å². The van der Waals surface area contributed by atoms with Crippen molar-refractivity contribution in [2.75, 3.05) is 0 Å². The van der Waals surface area contributed by atoms with E-state index in [-0.39, 0.29) is 0 Å². The average Bonchev–Trinajstić information content (AvgIpc) is 2.22. The highest BCUT2D eigenvalue weighted by Gasteiger charge is 2.12. The Hall–Kier alpha value is -1.22. The highest BCUT2D eigenvalue weighted by molar-refractivity contribution is 6.36. The fourth-order valence-electron chi connectivity index (χ4n) is 1.79. The normalized spacial score (nSPS) is 11.1. The third kappa shape index (κ3) is 1.65. The van der Waals surface area contributed by atoms with Gasteiger partial charge in [-0.1, -0.05) is 18.5 Å². The molecule has 0 unspecified atom stereocenters. The van der Waals surface area contributed by atoms with E-state index in [0.717, 1.165) is 23.4 Å². The van der Waals surface area contributed by atoms with E-state index in [2.05, 4.69) is 4.98 Å². The molecule has 1 aromatic carbocycles. The minimum Gasteiger partial charge on any atom is -0.253 e. The minimum absolute atomic E-state index is 0.388. The van der Waals surface area contributed by atoms with Crippen molar-refractivity contribution in [3.63, 3.8) is 0 Å². The number of halogens is 3. The van der Waals surface area contributed by atoms with Crippen molar-refractivity contribution in [2.45, 2.75) is 20.3 Å². The van der Waals surface area contributed by atoms with Crippen molar-refractivity contribution < 1.29 is 8.78 Å². The molecule has 0 amide bonds. The third-order valence-electron chi connectivity index (χ3n) is 2.62. The van der Waals surface area contributed by atoms with E-state index >= 15 is 0 Å². The van der Waals surface area contributed by atoms with Gasteiger partial charge in [0.15, 0.2) is 11.6 Å². The number of pyridine rings is 1. The Labute approximate surface area is 97.1 Å². The molecule has 4 heteroatoms. The van der Waals surface area contributed by atoms with Gasteiger partial charge in [0.25, 0.3) is 0 Å². The molecule has 1 nitrogen and oxygen atoms in total. The number of rotatable bonds is 1. The molecule has 0 atom stereocenters. The predicted molar refractivity (Wildman–Crippen MR) is 60.8 cm³/mol. The van der Waals surface area contributed by atoms with Gasteiger partial charge in [-0.2, -0.15) is 0 Å². The first-order valence-electron chi connectivity index (χ1n) is 4.98. The molecule has 0 N–H and O–H groups in total. The molecule has 0 radical (unpaired) electrons. The van der Waals surface area contributed by atoms with Crippen molar-refractivity contribution in [3.05, 3.63) is 40.0 Å². The van der Waals surface area contributed by atoms with E-state index in [0.29, 0.717) is 22.3 Å². The van der Waals surface area contributed by atoms with Crippen molar-refractivity contribution >= 4 is 22.5 Å². The van der Waals surface area contributed by atoms with Crippen LogP contribution in [0.3, 0.4) is 0 Å². The first-order valence-corrected chi connectivity index (χ1v) is 5.36. The zero-order valence-corrected chi connectivity index (χ0v) is 9.70. The second-order valence-electron chi connectivity index (χ2n) is 3.63. The summed E-state index contributed by atoms with van der Waals surface area (Å²) in [5, 5.41) is 0.923. The smallest absolute Gasteiger partial charge is 0.161 e. The van der Waals surface area contributed by atoms with Crippen LogP contribution in [-0.4, -0.2) is 4.98 Å². The van der Waals surface area contributed by atoms with Crippen LogP contribution < -0.4 is 0 Å². The number of aryl methyl sites for hydroxylation is 1. The number of benzene rings is 1. The van der Waals surface area contributed by atoms with Crippen LogP contribution in [0.2, 0.25) is 5.02 Å². The third-order valence-corrected chi connectivity index (χ3v) is 3.05. The molecule has 0 spiro atoms. The van der Waals surface area contributed by atoms with Crippen LogP contribution in [0.25, 0.3) is 10.9 Å². The Balaban J connectivity index is 2.88. The maximum Gasteiger partial charge on any atom is 0.161 e. The topological polar surface area (TPSA) is 12.9 Å². The molecule has 0 fully saturated rings. The minimum atomic E-state index is -0.903. The highest BCUT2D eigenvalue weighted by Crippen LogP contribution is 2.29. The Kier molecular flexibility index (Phi) is 2.80. The van der Waals surface area contributed by atoms with Crippen molar-refractivity contribution in [2.24, 2.45) is 0 Å². The van der Waals surface area contributed by atoms with Crippen molar-refractivity contribution in [1.82, 2.24) is 4.98 Å². The van der Waals surface area contributed by atoms with E-state index in [1.54, 1.807) is 0 Å². The van der Waals surface area contributed by atoms with Crippen LogP contribution >= 0.6 is 11.6 Å². The quantitative estimate of drug-likeness (QED) is 0.734. The summed E-state index contributed by atoms with van der Waals surface area (Å²) in [5.41, 5.74) is 2.02. The molecule has 84 valence electrons. The van der Waals surface area contributed by atoms with Gasteiger partial charge in [-0.15, -0.1) is 0 Å². The number of fused-ring (bicyclic) bond motifs is 1. The number of aromatic nitrogens is 1. The average molecular weight is 242 g/mol. The molecular weight excluding hydrogens is 232 g/mol. The summed E-state index contributed by atoms with van der Waals surface area (Å²) in [6.07, 6.45) is 0.715. The van der Waals surface area contributed by atoms with Gasteiger partial charge in [0.1, 0.15) is 0 Å². The molecule has 0 aliphatic heterocycles. The monoisotopic (exact) mass is 241 g/mol. The molecule has 1 aromatic heterocycles. The largest absolute Gasteiger partial charge is 0.253 e. The predicted octanol–water partition coefficient (Wildman–Crippen LogP) is 4.04. The summed E-state index contributed by atoms with van der Waals surface area (Å²) >= 11 is 6.14. The van der Waals surface area contributed by atoms with Crippen LogP contribution in [0.15, 0.2) is 12.1 Å². The van der Waals surface area contributed by atoms with E-state index in [9.17, 15) is 8.78 Å². The zero-order chi connectivity index (χ0) is 11.9. The van der Waals surface area contributed by atoms with Crippen LogP contribution in [0, 0.1) is 18.6 Å². The lowest BCUT2D eigenvalue weighted by Gasteiger charge is -2.09. The lowest BCUT2D eigenvalue weighted by molar-refractivity contribution is 0.510. The van der Waals surface area contributed by atoms with Gasteiger partial charge >= 0.3 is 0 Å². The summed E-state index contributed by atoms with van der Waals surface area (Å²) in [7, 11) is 0. The molecule has 0 bridgehead atoms. The maximum atomic E-state index is 13.1. The summed E-state index contributed by atoms with van der Waals surface area (Å²) < 4.78 is 26.1. The lowest BCUT2D eigenvalue weighted by atomic mass is 10.1. The zero-order valence-electron chi connectivity index (χ0n) is 8.94. The Bertz CT molecular complexity index is 567. The number of hydrogen-bond acceptors (Lipinski definition) is 1. The van der Waals surface area contributed by atoms with Crippen LogP contribution in [0.1, 0.15) is 18.2 Å². The lowest BCUT2D eigenvalue weighted by Crippen LogP contribution is -1.96.